The third-order valence-electron chi connectivity index (χ3n) is 4.72. The molecule has 0 spiro atoms. The highest BCUT2D eigenvalue weighted by Crippen LogP contribution is 2.42. The minimum atomic E-state index is -0.891. The molecular formula is C17H20FN3O3. The van der Waals surface area contributed by atoms with Crippen LogP contribution in [0.2, 0.25) is 0 Å². The summed E-state index contributed by atoms with van der Waals surface area (Å²) in [6, 6.07) is 4.17. The lowest BCUT2D eigenvalue weighted by Gasteiger charge is -2.20. The van der Waals surface area contributed by atoms with Crippen molar-refractivity contribution in [3.8, 4) is 0 Å². The smallest absolute Gasteiger partial charge is 0.325 e. The van der Waals surface area contributed by atoms with Gasteiger partial charge in [0, 0.05) is 6.54 Å². The summed E-state index contributed by atoms with van der Waals surface area (Å²) in [5, 5.41) is 5.30. The Morgan fingerprint density at radius 1 is 1.42 bits per heavy atom. The van der Waals surface area contributed by atoms with Crippen LogP contribution in [0, 0.1) is 18.7 Å². The van der Waals surface area contributed by atoms with Crippen molar-refractivity contribution in [2.45, 2.75) is 38.8 Å². The van der Waals surface area contributed by atoms with Crippen molar-refractivity contribution in [3.05, 3.63) is 35.1 Å². The molecule has 128 valence electrons. The molecule has 4 amide bonds. The number of rotatable bonds is 5. The van der Waals surface area contributed by atoms with Crippen LogP contribution in [0.15, 0.2) is 18.2 Å². The quantitative estimate of drug-likeness (QED) is 0.801. The Morgan fingerprint density at radius 2 is 2.12 bits per heavy atom. The normalized spacial score (nSPS) is 23.4. The fourth-order valence-corrected chi connectivity index (χ4v) is 2.94. The minimum Gasteiger partial charge on any atom is -0.350 e. The minimum absolute atomic E-state index is 0.138. The van der Waals surface area contributed by atoms with Gasteiger partial charge in [-0.2, -0.15) is 0 Å². The summed E-state index contributed by atoms with van der Waals surface area (Å²) in [6.07, 6.45) is 1.81. The zero-order valence-corrected chi connectivity index (χ0v) is 13.7. The van der Waals surface area contributed by atoms with Gasteiger partial charge in [-0.3, -0.25) is 14.5 Å². The fraction of sp³-hybridized carbons (Fsp3) is 0.471. The van der Waals surface area contributed by atoms with Crippen LogP contribution in [0.25, 0.3) is 0 Å². The van der Waals surface area contributed by atoms with E-state index in [0.29, 0.717) is 11.1 Å². The molecule has 1 aliphatic carbocycles. The van der Waals surface area contributed by atoms with Gasteiger partial charge in [0.05, 0.1) is 0 Å². The second kappa shape index (κ2) is 5.89. The maximum Gasteiger partial charge on any atom is 0.325 e. The highest BCUT2D eigenvalue weighted by Gasteiger charge is 2.56. The maximum absolute atomic E-state index is 13.5. The number of urea groups is 1. The lowest BCUT2D eigenvalue weighted by atomic mass is 9.96. The lowest BCUT2D eigenvalue weighted by molar-refractivity contribution is -0.135. The maximum atomic E-state index is 13.5. The van der Waals surface area contributed by atoms with E-state index in [4.69, 9.17) is 0 Å². The van der Waals surface area contributed by atoms with E-state index in [1.54, 1.807) is 26.0 Å². The van der Waals surface area contributed by atoms with Crippen molar-refractivity contribution in [3.63, 3.8) is 0 Å². The monoisotopic (exact) mass is 333 g/mol. The molecule has 6 nitrogen and oxygen atoms in total. The first-order valence-corrected chi connectivity index (χ1v) is 7.97. The van der Waals surface area contributed by atoms with Gasteiger partial charge in [0.2, 0.25) is 5.91 Å². The van der Waals surface area contributed by atoms with E-state index < -0.39 is 17.5 Å². The molecule has 2 N–H and O–H groups in total. The molecule has 0 radical (unpaired) electrons. The van der Waals surface area contributed by atoms with Crippen LogP contribution in [0.5, 0.6) is 0 Å². The molecule has 1 aromatic carbocycles. The first-order valence-electron chi connectivity index (χ1n) is 7.97. The Bertz CT molecular complexity index is 717. The molecule has 2 aliphatic rings. The van der Waals surface area contributed by atoms with Crippen molar-refractivity contribution >= 4 is 17.8 Å². The predicted molar refractivity (Wildman–Crippen MR) is 84.4 cm³/mol. The van der Waals surface area contributed by atoms with Crippen molar-refractivity contribution < 1.29 is 18.8 Å². The highest BCUT2D eigenvalue weighted by molar-refractivity contribution is 6.09. The number of hydrogen-bond acceptors (Lipinski definition) is 3. The van der Waals surface area contributed by atoms with E-state index in [9.17, 15) is 18.8 Å². The molecule has 0 unspecified atom stereocenters. The molecule has 0 aromatic heterocycles. The van der Waals surface area contributed by atoms with Gasteiger partial charge in [-0.05, 0) is 49.8 Å². The van der Waals surface area contributed by atoms with E-state index in [1.807, 2.05) is 0 Å². The number of carbonyl (C=O) groups excluding carboxylic acids is 3. The Morgan fingerprint density at radius 3 is 2.75 bits per heavy atom. The highest BCUT2D eigenvalue weighted by atomic mass is 19.1. The summed E-state index contributed by atoms with van der Waals surface area (Å²) < 4.78 is 13.5. The number of halogens is 1. The van der Waals surface area contributed by atoms with Crippen LogP contribution in [0.4, 0.5) is 9.18 Å². The van der Waals surface area contributed by atoms with Crippen molar-refractivity contribution in [2.24, 2.45) is 5.92 Å². The number of imide groups is 1. The number of nitrogens with zero attached hydrogens (tertiary/aromatic N) is 1. The zero-order chi connectivity index (χ0) is 17.5. The number of amides is 4. The van der Waals surface area contributed by atoms with E-state index in [0.717, 1.165) is 17.7 Å². The summed E-state index contributed by atoms with van der Waals surface area (Å²) >= 11 is 0. The Hall–Kier alpha value is -2.44. The molecule has 0 bridgehead atoms. The summed E-state index contributed by atoms with van der Waals surface area (Å²) in [6.45, 7) is 3.17. The van der Waals surface area contributed by atoms with Gasteiger partial charge in [0.15, 0.2) is 0 Å². The van der Waals surface area contributed by atoms with Crippen LogP contribution in [-0.4, -0.2) is 34.8 Å². The molecule has 7 heteroatoms. The van der Waals surface area contributed by atoms with Gasteiger partial charge in [-0.1, -0.05) is 12.1 Å². The van der Waals surface area contributed by atoms with Crippen LogP contribution in [-0.2, 0) is 16.1 Å². The van der Waals surface area contributed by atoms with E-state index >= 15 is 0 Å². The molecule has 1 saturated heterocycles. The van der Waals surface area contributed by atoms with Gasteiger partial charge >= 0.3 is 6.03 Å². The number of hydrogen-bond donors (Lipinski definition) is 2. The van der Waals surface area contributed by atoms with E-state index in [-0.39, 0.29) is 30.7 Å². The summed E-state index contributed by atoms with van der Waals surface area (Å²) in [7, 11) is 0. The standard InChI is InChI=1S/C17H20FN3O3/c1-10-3-4-11(7-13(10)18)8-19-14(22)9-21-15(23)17(2,12-5-6-12)20-16(21)24/h3-4,7,12H,5-6,8-9H2,1-2H3,(H,19,22)(H,20,24)/t17-/m0/s1. The summed E-state index contributed by atoms with van der Waals surface area (Å²) in [5.41, 5.74) is 0.257. The topological polar surface area (TPSA) is 78.5 Å². The van der Waals surface area contributed by atoms with Crippen molar-refractivity contribution in [1.29, 1.82) is 0 Å². The second-order valence-electron chi connectivity index (χ2n) is 6.66. The molecule has 2 fully saturated rings. The van der Waals surface area contributed by atoms with Gasteiger partial charge in [0.1, 0.15) is 17.9 Å². The van der Waals surface area contributed by atoms with Gasteiger partial charge in [0.25, 0.3) is 5.91 Å². The summed E-state index contributed by atoms with van der Waals surface area (Å²) in [4.78, 5) is 37.4. The third-order valence-corrected chi connectivity index (χ3v) is 4.72. The van der Waals surface area contributed by atoms with Gasteiger partial charge in [-0.15, -0.1) is 0 Å². The fourth-order valence-electron chi connectivity index (χ4n) is 2.94. The van der Waals surface area contributed by atoms with Crippen molar-refractivity contribution in [1.82, 2.24) is 15.5 Å². The van der Waals surface area contributed by atoms with Gasteiger partial charge < -0.3 is 10.6 Å². The Kier molecular flexibility index (Phi) is 4.03. The Labute approximate surface area is 139 Å². The predicted octanol–water partition coefficient (Wildman–Crippen LogP) is 1.47. The summed E-state index contributed by atoms with van der Waals surface area (Å²) in [5.74, 6) is -1.00. The van der Waals surface area contributed by atoms with E-state index in [2.05, 4.69) is 10.6 Å². The largest absolute Gasteiger partial charge is 0.350 e. The average molecular weight is 333 g/mol. The number of benzene rings is 1. The molecule has 1 aliphatic heterocycles. The molecule has 1 saturated carbocycles. The Balaban J connectivity index is 1.57. The molecular weight excluding hydrogens is 313 g/mol. The number of nitrogens with one attached hydrogen (secondary N) is 2. The van der Waals surface area contributed by atoms with Crippen LogP contribution in [0.1, 0.15) is 30.9 Å². The van der Waals surface area contributed by atoms with E-state index in [1.165, 1.54) is 6.07 Å². The van der Waals surface area contributed by atoms with Crippen molar-refractivity contribution in [2.75, 3.05) is 6.54 Å². The van der Waals surface area contributed by atoms with Crippen LogP contribution < -0.4 is 10.6 Å². The van der Waals surface area contributed by atoms with Crippen LogP contribution >= 0.6 is 0 Å². The SMILES string of the molecule is Cc1ccc(CNC(=O)CN2C(=O)N[C@@](C)(C3CC3)C2=O)cc1F. The number of carbonyl (C=O) groups is 3. The number of aryl methyl sites for hydroxylation is 1. The zero-order valence-electron chi connectivity index (χ0n) is 13.7. The lowest BCUT2D eigenvalue weighted by Crippen LogP contribution is -2.46. The molecule has 24 heavy (non-hydrogen) atoms. The third kappa shape index (κ3) is 2.98. The first-order chi connectivity index (χ1) is 11.3. The molecule has 3 rings (SSSR count). The second-order valence-corrected chi connectivity index (χ2v) is 6.66. The van der Waals surface area contributed by atoms with Gasteiger partial charge in [-0.25, -0.2) is 9.18 Å². The molecule has 1 atom stereocenters. The average Bonchev–Trinajstić information content (AvgIpc) is 3.35. The molecule has 1 heterocycles. The molecule has 1 aromatic rings. The first kappa shape index (κ1) is 16.4. The van der Waals surface area contributed by atoms with Crippen LogP contribution in [0.3, 0.4) is 0 Å².